The summed E-state index contributed by atoms with van der Waals surface area (Å²) in [5.41, 5.74) is 2.51. The molecule has 78 valence electrons. The molecule has 1 saturated heterocycles. The van der Waals surface area contributed by atoms with Crippen LogP contribution in [0, 0.1) is 5.92 Å². The molecule has 0 saturated carbocycles. The molecule has 1 aliphatic heterocycles. The summed E-state index contributed by atoms with van der Waals surface area (Å²) in [4.78, 5) is 2.41. The van der Waals surface area contributed by atoms with Gasteiger partial charge in [-0.1, -0.05) is 18.3 Å². The average molecular weight is 213 g/mol. The normalized spacial score (nSPS) is 22.9. The van der Waals surface area contributed by atoms with Gasteiger partial charge >= 0.3 is 0 Å². The first-order valence-corrected chi connectivity index (χ1v) is 5.61. The van der Waals surface area contributed by atoms with Gasteiger partial charge in [-0.25, -0.2) is 5.84 Å². The number of hydrogen-bond acceptors (Lipinski definition) is 6. The van der Waals surface area contributed by atoms with Gasteiger partial charge in [0.1, 0.15) is 5.01 Å². The summed E-state index contributed by atoms with van der Waals surface area (Å²) >= 11 is 1.52. The zero-order valence-corrected chi connectivity index (χ0v) is 9.05. The average Bonchev–Trinajstić information content (AvgIpc) is 2.76. The van der Waals surface area contributed by atoms with Gasteiger partial charge in [-0.3, -0.25) is 10.3 Å². The summed E-state index contributed by atoms with van der Waals surface area (Å²) in [6.07, 6.45) is 1.29. The summed E-state index contributed by atoms with van der Waals surface area (Å²) in [7, 11) is 0. The van der Waals surface area contributed by atoms with Crippen LogP contribution in [0.1, 0.15) is 18.4 Å². The van der Waals surface area contributed by atoms with E-state index in [4.69, 9.17) is 5.84 Å². The molecule has 0 amide bonds. The Hall–Kier alpha value is -0.720. The van der Waals surface area contributed by atoms with Crippen LogP contribution in [0.2, 0.25) is 0 Å². The highest BCUT2D eigenvalue weighted by atomic mass is 32.1. The lowest BCUT2D eigenvalue weighted by Gasteiger charge is -2.11. The number of nitrogens with zero attached hydrogens (tertiary/aromatic N) is 3. The van der Waals surface area contributed by atoms with Crippen LogP contribution < -0.4 is 11.3 Å². The molecule has 1 aromatic rings. The molecule has 3 N–H and O–H groups in total. The van der Waals surface area contributed by atoms with E-state index in [2.05, 4.69) is 27.4 Å². The summed E-state index contributed by atoms with van der Waals surface area (Å²) in [5.74, 6) is 6.05. The Kier molecular flexibility index (Phi) is 2.95. The largest absolute Gasteiger partial charge is 0.298 e. The fraction of sp³-hybridized carbons (Fsp3) is 0.750. The van der Waals surface area contributed by atoms with Crippen LogP contribution in [0.3, 0.4) is 0 Å². The van der Waals surface area contributed by atoms with Crippen LogP contribution in [0.15, 0.2) is 0 Å². The van der Waals surface area contributed by atoms with Gasteiger partial charge in [-0.2, -0.15) is 0 Å². The van der Waals surface area contributed by atoms with Gasteiger partial charge in [0.25, 0.3) is 0 Å². The second-order valence-electron chi connectivity index (χ2n) is 3.77. The zero-order chi connectivity index (χ0) is 9.97. The SMILES string of the molecule is CC1CCN(Cc2nnc(NN)s2)C1. The number of nitrogens with two attached hydrogens (primary N) is 1. The Bertz CT molecular complexity index is 300. The van der Waals surface area contributed by atoms with Crippen molar-refractivity contribution in [1.29, 1.82) is 0 Å². The molecule has 1 aliphatic rings. The lowest BCUT2D eigenvalue weighted by Crippen LogP contribution is -2.19. The number of nitrogen functional groups attached to an aromatic ring is 1. The monoisotopic (exact) mass is 213 g/mol. The third-order valence-electron chi connectivity index (χ3n) is 2.46. The maximum Gasteiger partial charge on any atom is 0.219 e. The number of anilines is 1. The van der Waals surface area contributed by atoms with Crippen LogP contribution in [-0.4, -0.2) is 28.2 Å². The highest BCUT2D eigenvalue weighted by molar-refractivity contribution is 7.15. The molecular formula is C8H15N5S. The van der Waals surface area contributed by atoms with E-state index in [9.17, 15) is 0 Å². The molecule has 0 radical (unpaired) electrons. The third kappa shape index (κ3) is 2.20. The molecule has 0 bridgehead atoms. The Labute approximate surface area is 87.3 Å². The number of rotatable bonds is 3. The van der Waals surface area contributed by atoms with Gasteiger partial charge in [-0.15, -0.1) is 10.2 Å². The Morgan fingerprint density at radius 3 is 3.07 bits per heavy atom. The standard InChI is InChI=1S/C8H15N5S/c1-6-2-3-13(4-6)5-7-11-12-8(10-9)14-7/h6H,2-5,9H2,1H3,(H,10,12). The maximum atomic E-state index is 5.24. The fourth-order valence-electron chi connectivity index (χ4n) is 1.74. The number of nitrogens with one attached hydrogen (secondary N) is 1. The fourth-order valence-corrected chi connectivity index (χ4v) is 2.43. The molecule has 2 heterocycles. The minimum Gasteiger partial charge on any atom is -0.298 e. The molecule has 14 heavy (non-hydrogen) atoms. The predicted octanol–water partition coefficient (Wildman–Crippen LogP) is 0.665. The summed E-state index contributed by atoms with van der Waals surface area (Å²) in [6, 6.07) is 0. The molecule has 6 heteroatoms. The van der Waals surface area contributed by atoms with Gasteiger partial charge in [0.15, 0.2) is 0 Å². The Morgan fingerprint density at radius 2 is 2.50 bits per heavy atom. The van der Waals surface area contributed by atoms with Gasteiger partial charge in [0.2, 0.25) is 5.13 Å². The highest BCUT2D eigenvalue weighted by Gasteiger charge is 2.19. The van der Waals surface area contributed by atoms with Crippen LogP contribution in [0.25, 0.3) is 0 Å². The van der Waals surface area contributed by atoms with Crippen molar-refractivity contribution in [3.8, 4) is 0 Å². The number of aromatic nitrogens is 2. The lowest BCUT2D eigenvalue weighted by molar-refractivity contribution is 0.319. The first kappa shape index (κ1) is 9.82. The van der Waals surface area contributed by atoms with Crippen LogP contribution in [0.5, 0.6) is 0 Å². The van der Waals surface area contributed by atoms with E-state index in [1.807, 2.05) is 0 Å². The van der Waals surface area contributed by atoms with E-state index < -0.39 is 0 Å². The van der Waals surface area contributed by atoms with Crippen molar-refractivity contribution in [2.24, 2.45) is 11.8 Å². The van der Waals surface area contributed by atoms with Gasteiger partial charge in [-0.05, 0) is 18.9 Å². The molecule has 1 atom stereocenters. The Morgan fingerprint density at radius 1 is 1.64 bits per heavy atom. The third-order valence-corrected chi connectivity index (χ3v) is 3.30. The van der Waals surface area contributed by atoms with E-state index in [-0.39, 0.29) is 0 Å². The minimum absolute atomic E-state index is 0.687. The smallest absolute Gasteiger partial charge is 0.219 e. The first-order valence-electron chi connectivity index (χ1n) is 4.79. The van der Waals surface area contributed by atoms with Crippen LogP contribution >= 0.6 is 11.3 Å². The molecule has 0 aliphatic carbocycles. The van der Waals surface area contributed by atoms with Gasteiger partial charge < -0.3 is 0 Å². The van der Waals surface area contributed by atoms with Gasteiger partial charge in [0, 0.05) is 6.54 Å². The lowest BCUT2D eigenvalue weighted by atomic mass is 10.2. The van der Waals surface area contributed by atoms with E-state index in [1.165, 1.54) is 30.8 Å². The summed E-state index contributed by atoms with van der Waals surface area (Å²) in [5, 5.41) is 9.68. The van der Waals surface area contributed by atoms with Crippen molar-refractivity contribution in [3.63, 3.8) is 0 Å². The van der Waals surface area contributed by atoms with Gasteiger partial charge in [0.05, 0.1) is 6.54 Å². The quantitative estimate of drug-likeness (QED) is 0.570. The molecule has 5 nitrogen and oxygen atoms in total. The summed E-state index contributed by atoms with van der Waals surface area (Å²) < 4.78 is 0. The predicted molar refractivity (Wildman–Crippen MR) is 56.8 cm³/mol. The Balaban J connectivity index is 1.90. The molecule has 1 unspecified atom stereocenters. The molecule has 0 spiro atoms. The minimum atomic E-state index is 0.687. The molecule has 0 aromatic carbocycles. The topological polar surface area (TPSA) is 67.1 Å². The molecule has 1 fully saturated rings. The van der Waals surface area contributed by atoms with Crippen molar-refractivity contribution in [1.82, 2.24) is 15.1 Å². The van der Waals surface area contributed by atoms with Crippen molar-refractivity contribution in [3.05, 3.63) is 5.01 Å². The van der Waals surface area contributed by atoms with Crippen molar-refractivity contribution in [2.75, 3.05) is 18.5 Å². The van der Waals surface area contributed by atoms with Crippen molar-refractivity contribution < 1.29 is 0 Å². The van der Waals surface area contributed by atoms with Crippen molar-refractivity contribution >= 4 is 16.5 Å². The number of hydrogen-bond donors (Lipinski definition) is 2. The van der Waals surface area contributed by atoms with Crippen LogP contribution in [-0.2, 0) is 6.54 Å². The van der Waals surface area contributed by atoms with E-state index in [1.54, 1.807) is 0 Å². The molecular weight excluding hydrogens is 198 g/mol. The number of likely N-dealkylation sites (tertiary alicyclic amines) is 1. The van der Waals surface area contributed by atoms with Crippen molar-refractivity contribution in [2.45, 2.75) is 19.9 Å². The zero-order valence-electron chi connectivity index (χ0n) is 8.23. The molecule has 1 aromatic heterocycles. The molecule has 2 rings (SSSR count). The first-order chi connectivity index (χ1) is 6.78. The van der Waals surface area contributed by atoms with E-state index in [0.717, 1.165) is 17.5 Å². The van der Waals surface area contributed by atoms with E-state index >= 15 is 0 Å². The summed E-state index contributed by atoms with van der Waals surface area (Å²) in [6.45, 7) is 5.54. The maximum absolute atomic E-state index is 5.24. The second-order valence-corrected chi connectivity index (χ2v) is 4.84. The van der Waals surface area contributed by atoms with E-state index in [0.29, 0.717) is 5.13 Å². The highest BCUT2D eigenvalue weighted by Crippen LogP contribution is 2.20. The number of hydrazine groups is 1. The van der Waals surface area contributed by atoms with Crippen LogP contribution in [0.4, 0.5) is 5.13 Å². The second kappa shape index (κ2) is 4.20.